The summed E-state index contributed by atoms with van der Waals surface area (Å²) in [6.45, 7) is 4.26. The molecule has 164 valence electrons. The van der Waals surface area contributed by atoms with Gasteiger partial charge in [-0.3, -0.25) is 14.2 Å². The van der Waals surface area contributed by atoms with Crippen LogP contribution in [0.1, 0.15) is 52.9 Å². The van der Waals surface area contributed by atoms with Crippen molar-refractivity contribution >= 4 is 28.9 Å². The Kier molecular flexibility index (Phi) is 5.91. The van der Waals surface area contributed by atoms with Gasteiger partial charge in [-0.25, -0.2) is 4.98 Å². The Bertz CT molecular complexity index is 1220. The van der Waals surface area contributed by atoms with E-state index in [-0.39, 0.29) is 22.5 Å². The second-order valence-corrected chi connectivity index (χ2v) is 10.6. The molecule has 0 unspecified atom stereocenters. The number of hydrogen-bond donors (Lipinski definition) is 0. The number of carbonyl (C=O) groups excluding carboxylic acids is 1. The lowest BCUT2D eigenvalue weighted by atomic mass is 9.62. The molecule has 3 aromatic rings. The maximum Gasteiger partial charge on any atom is 0.258 e. The molecular weight excluding hydrogens is 436 g/mol. The molecule has 2 heterocycles. The Morgan fingerprint density at radius 3 is 2.75 bits per heavy atom. The molecular formula is C26H26N2O2S2. The van der Waals surface area contributed by atoms with Crippen molar-refractivity contribution in [3.05, 3.63) is 80.8 Å². The minimum Gasteiger partial charge on any atom is -0.292 e. The Morgan fingerprint density at radius 1 is 1.19 bits per heavy atom. The third kappa shape index (κ3) is 3.69. The summed E-state index contributed by atoms with van der Waals surface area (Å²) in [4.78, 5) is 32.4. The lowest BCUT2D eigenvalue weighted by molar-refractivity contribution is 0.102. The molecule has 0 saturated heterocycles. The van der Waals surface area contributed by atoms with E-state index in [0.29, 0.717) is 11.7 Å². The number of Topliss-reactive ketones (excluding diaryl/α,β-unsaturated/α-hetero) is 1. The van der Waals surface area contributed by atoms with E-state index in [0.717, 1.165) is 53.8 Å². The van der Waals surface area contributed by atoms with Crippen molar-refractivity contribution in [2.45, 2.75) is 55.6 Å². The van der Waals surface area contributed by atoms with E-state index in [1.54, 1.807) is 10.6 Å². The molecule has 0 radical (unpaired) electrons. The van der Waals surface area contributed by atoms with Crippen LogP contribution in [-0.2, 0) is 18.4 Å². The Balaban J connectivity index is 1.64. The number of fused-ring (bicyclic) bond motifs is 4. The number of benzene rings is 1. The van der Waals surface area contributed by atoms with Crippen LogP contribution in [0.25, 0.3) is 11.3 Å². The molecule has 0 bridgehead atoms. The number of hydrogen-bond acceptors (Lipinski definition) is 5. The van der Waals surface area contributed by atoms with Crippen LogP contribution >= 0.6 is 23.1 Å². The number of aromatic nitrogens is 2. The molecule has 0 aliphatic heterocycles. The maximum absolute atomic E-state index is 14.0. The molecule has 2 aliphatic rings. The van der Waals surface area contributed by atoms with E-state index < -0.39 is 0 Å². The van der Waals surface area contributed by atoms with Crippen LogP contribution in [0.5, 0.6) is 0 Å². The van der Waals surface area contributed by atoms with Gasteiger partial charge in [0.25, 0.3) is 5.56 Å². The summed E-state index contributed by atoms with van der Waals surface area (Å²) in [7, 11) is 0. The Labute approximate surface area is 196 Å². The van der Waals surface area contributed by atoms with E-state index in [1.165, 1.54) is 35.1 Å². The molecule has 2 aliphatic carbocycles. The highest BCUT2D eigenvalue weighted by Gasteiger charge is 2.43. The van der Waals surface area contributed by atoms with Crippen LogP contribution in [0.4, 0.5) is 0 Å². The molecule has 5 rings (SSSR count). The van der Waals surface area contributed by atoms with E-state index in [2.05, 4.69) is 24.8 Å². The first-order valence-corrected chi connectivity index (χ1v) is 13.0. The van der Waals surface area contributed by atoms with Crippen molar-refractivity contribution < 1.29 is 4.79 Å². The second-order valence-electron chi connectivity index (χ2n) is 8.69. The van der Waals surface area contributed by atoms with Gasteiger partial charge in [0.15, 0.2) is 10.9 Å². The monoisotopic (exact) mass is 462 g/mol. The highest BCUT2D eigenvalue weighted by molar-refractivity contribution is 7.99. The first kappa shape index (κ1) is 21.4. The van der Waals surface area contributed by atoms with Crippen molar-refractivity contribution in [3.63, 3.8) is 0 Å². The van der Waals surface area contributed by atoms with Crippen molar-refractivity contribution in [3.8, 4) is 11.3 Å². The number of allylic oxidation sites excluding steroid dienone is 1. The van der Waals surface area contributed by atoms with Crippen LogP contribution < -0.4 is 5.56 Å². The average Bonchev–Trinajstić information content (AvgIpc) is 3.35. The van der Waals surface area contributed by atoms with Gasteiger partial charge in [0, 0.05) is 17.5 Å². The van der Waals surface area contributed by atoms with Crippen molar-refractivity contribution in [1.82, 2.24) is 9.55 Å². The largest absolute Gasteiger partial charge is 0.292 e. The molecule has 1 aromatic carbocycles. The first-order chi connectivity index (χ1) is 15.6. The molecule has 32 heavy (non-hydrogen) atoms. The number of ketones is 1. The molecule has 6 heteroatoms. The van der Waals surface area contributed by atoms with Crippen LogP contribution in [0.15, 0.2) is 64.4 Å². The van der Waals surface area contributed by atoms with Gasteiger partial charge in [0.05, 0.1) is 21.9 Å². The third-order valence-corrected chi connectivity index (χ3v) is 8.60. The lowest BCUT2D eigenvalue weighted by Crippen LogP contribution is -2.43. The zero-order chi connectivity index (χ0) is 22.1. The molecule has 0 N–H and O–H groups in total. The van der Waals surface area contributed by atoms with E-state index in [4.69, 9.17) is 4.98 Å². The molecule has 2 aromatic heterocycles. The summed E-state index contributed by atoms with van der Waals surface area (Å²) in [5.41, 5.74) is 3.95. The highest BCUT2D eigenvalue weighted by atomic mass is 32.2. The standard InChI is InChI=1S/C26H26N2O2S2/c1-2-14-28-24(30)22-23(27-25(28)32-17-20(29)21-11-8-15-31-21)19-10-5-4-9-18(19)16-26(22)12-6-3-7-13-26/h2,4-5,8-11,15H,1,3,6-7,12-14,16-17H2. The summed E-state index contributed by atoms with van der Waals surface area (Å²) >= 11 is 2.80. The van der Waals surface area contributed by atoms with E-state index >= 15 is 0 Å². The van der Waals surface area contributed by atoms with Crippen LogP contribution in [0.3, 0.4) is 0 Å². The maximum atomic E-state index is 14.0. The van der Waals surface area contributed by atoms with Gasteiger partial charge < -0.3 is 0 Å². The summed E-state index contributed by atoms with van der Waals surface area (Å²) < 4.78 is 1.72. The predicted molar refractivity (Wildman–Crippen MR) is 132 cm³/mol. The number of rotatable bonds is 6. The fourth-order valence-electron chi connectivity index (χ4n) is 5.26. The second kappa shape index (κ2) is 8.83. The number of thiophene rings is 1. The van der Waals surface area contributed by atoms with Gasteiger partial charge in [0.2, 0.25) is 0 Å². The average molecular weight is 463 g/mol. The number of carbonyl (C=O) groups is 1. The fourth-order valence-corrected chi connectivity index (χ4v) is 6.90. The zero-order valence-corrected chi connectivity index (χ0v) is 19.6. The van der Waals surface area contributed by atoms with Crippen molar-refractivity contribution in [2.24, 2.45) is 0 Å². The highest BCUT2D eigenvalue weighted by Crippen LogP contribution is 2.48. The van der Waals surface area contributed by atoms with Gasteiger partial charge in [0.1, 0.15) is 0 Å². The van der Waals surface area contributed by atoms with E-state index in [1.807, 2.05) is 23.6 Å². The van der Waals surface area contributed by atoms with Gasteiger partial charge in [-0.15, -0.1) is 17.9 Å². The third-order valence-electron chi connectivity index (χ3n) is 6.72. The first-order valence-electron chi connectivity index (χ1n) is 11.2. The van der Waals surface area contributed by atoms with Crippen molar-refractivity contribution in [2.75, 3.05) is 5.75 Å². The van der Waals surface area contributed by atoms with Gasteiger partial charge >= 0.3 is 0 Å². The zero-order valence-electron chi connectivity index (χ0n) is 18.0. The molecule has 1 saturated carbocycles. The van der Waals surface area contributed by atoms with Gasteiger partial charge in [-0.1, -0.05) is 67.4 Å². The fraction of sp³-hybridized carbons (Fsp3) is 0.346. The normalized spacial score (nSPS) is 16.4. The Hall–Kier alpha value is -2.44. The van der Waals surface area contributed by atoms with Crippen LogP contribution in [-0.4, -0.2) is 21.1 Å². The molecule has 0 amide bonds. The number of nitrogens with zero attached hydrogens (tertiary/aromatic N) is 2. The summed E-state index contributed by atoms with van der Waals surface area (Å²) in [5, 5.41) is 2.50. The Morgan fingerprint density at radius 2 is 2.00 bits per heavy atom. The molecule has 1 fully saturated rings. The predicted octanol–water partition coefficient (Wildman–Crippen LogP) is 5.89. The molecule has 1 spiro atoms. The molecule has 4 nitrogen and oxygen atoms in total. The van der Waals surface area contributed by atoms with Gasteiger partial charge in [-0.2, -0.15) is 0 Å². The summed E-state index contributed by atoms with van der Waals surface area (Å²) in [6.07, 6.45) is 8.23. The minimum absolute atomic E-state index is 0.0392. The van der Waals surface area contributed by atoms with Crippen LogP contribution in [0.2, 0.25) is 0 Å². The SMILES string of the molecule is C=CCn1c(SCC(=O)c2cccs2)nc2c(c1=O)C1(CCCCC1)Cc1ccccc1-2. The number of thioether (sulfide) groups is 1. The quantitative estimate of drug-likeness (QED) is 0.198. The lowest BCUT2D eigenvalue weighted by Gasteiger charge is -2.42. The van der Waals surface area contributed by atoms with Crippen molar-refractivity contribution in [1.29, 1.82) is 0 Å². The van der Waals surface area contributed by atoms with Gasteiger partial charge in [-0.05, 0) is 36.3 Å². The smallest absolute Gasteiger partial charge is 0.258 e. The van der Waals surface area contributed by atoms with Crippen LogP contribution in [0, 0.1) is 0 Å². The van der Waals surface area contributed by atoms with E-state index in [9.17, 15) is 9.59 Å². The summed E-state index contributed by atoms with van der Waals surface area (Å²) in [6, 6.07) is 12.1. The minimum atomic E-state index is -0.134. The molecule has 0 atom stereocenters. The summed E-state index contributed by atoms with van der Waals surface area (Å²) in [5.74, 6) is 0.321. The topological polar surface area (TPSA) is 52.0 Å².